The van der Waals surface area contributed by atoms with Gasteiger partial charge in [0.2, 0.25) is 0 Å². The van der Waals surface area contributed by atoms with Crippen LogP contribution in [0.4, 0.5) is 0 Å². The molecule has 4 heteroatoms. The molecule has 4 rings (SSSR count). The number of nitrogens with zero attached hydrogens (tertiary/aromatic N) is 3. The monoisotopic (exact) mass is 327 g/mol. The molecular weight excluding hydrogens is 310 g/mol. The average Bonchev–Trinajstić information content (AvgIpc) is 3.12. The zero-order valence-corrected chi connectivity index (χ0v) is 13.6. The van der Waals surface area contributed by atoms with E-state index in [2.05, 4.69) is 10.3 Å². The van der Waals surface area contributed by atoms with Gasteiger partial charge in [0.15, 0.2) is 0 Å². The Bertz CT molecular complexity index is 935. The molecule has 0 aliphatic rings. The van der Waals surface area contributed by atoms with Gasteiger partial charge in [0.05, 0.1) is 0 Å². The largest absolute Gasteiger partial charge is 0.390 e. The van der Waals surface area contributed by atoms with E-state index in [1.807, 2.05) is 91.0 Å². The van der Waals surface area contributed by atoms with Gasteiger partial charge in [-0.25, -0.2) is 0 Å². The maximum Gasteiger partial charge on any atom is 0.142 e. The van der Waals surface area contributed by atoms with Gasteiger partial charge in [0, 0.05) is 11.1 Å². The lowest BCUT2D eigenvalue weighted by Gasteiger charge is -2.09. The van der Waals surface area contributed by atoms with E-state index in [1.165, 1.54) is 4.85 Å². The Morgan fingerprint density at radius 3 is 1.88 bits per heavy atom. The van der Waals surface area contributed by atoms with Gasteiger partial charge in [-0.05, 0) is 10.8 Å². The van der Waals surface area contributed by atoms with Crippen molar-refractivity contribution < 1.29 is 4.84 Å². The fraction of sp³-hybridized carbons (Fsp3) is 0.0476. The van der Waals surface area contributed by atoms with Crippen LogP contribution in [0.5, 0.6) is 0 Å². The Morgan fingerprint density at radius 1 is 0.680 bits per heavy atom. The maximum atomic E-state index is 5.92. The standard InChI is InChI=1S/C21H17N3O/c1-4-10-17(11-5-1)16-25-24-21(19-14-8-3-9-15-19)20(22-23-24)18-12-6-2-7-13-18/h1-15H,16H2. The number of hydrogen-bond acceptors (Lipinski definition) is 3. The highest BCUT2D eigenvalue weighted by atomic mass is 16.7. The minimum absolute atomic E-state index is 0.429. The molecule has 0 radical (unpaired) electrons. The Kier molecular flexibility index (Phi) is 4.25. The molecule has 122 valence electrons. The molecule has 0 fully saturated rings. The summed E-state index contributed by atoms with van der Waals surface area (Å²) in [6.45, 7) is 0.429. The summed E-state index contributed by atoms with van der Waals surface area (Å²) in [6.07, 6.45) is 0. The van der Waals surface area contributed by atoms with Crippen LogP contribution in [0.2, 0.25) is 0 Å². The summed E-state index contributed by atoms with van der Waals surface area (Å²) in [5.41, 5.74) is 4.76. The van der Waals surface area contributed by atoms with E-state index < -0.39 is 0 Å². The Morgan fingerprint density at radius 2 is 1.24 bits per heavy atom. The summed E-state index contributed by atoms with van der Waals surface area (Å²) >= 11 is 0. The zero-order chi connectivity index (χ0) is 16.9. The predicted octanol–water partition coefficient (Wildman–Crippen LogP) is 4.24. The van der Waals surface area contributed by atoms with E-state index in [-0.39, 0.29) is 0 Å². The topological polar surface area (TPSA) is 39.9 Å². The summed E-state index contributed by atoms with van der Waals surface area (Å²) in [5.74, 6) is 0. The Hall–Kier alpha value is -3.40. The van der Waals surface area contributed by atoms with Crippen LogP contribution in [0.3, 0.4) is 0 Å². The van der Waals surface area contributed by atoms with Gasteiger partial charge in [-0.3, -0.25) is 0 Å². The molecule has 4 aromatic rings. The molecule has 0 amide bonds. The molecule has 1 heterocycles. The van der Waals surface area contributed by atoms with Crippen LogP contribution < -0.4 is 4.84 Å². The van der Waals surface area contributed by atoms with Gasteiger partial charge < -0.3 is 4.84 Å². The molecular formula is C21H17N3O. The molecule has 4 nitrogen and oxygen atoms in total. The van der Waals surface area contributed by atoms with Crippen molar-refractivity contribution in [1.82, 2.24) is 15.2 Å². The first-order valence-electron chi connectivity index (χ1n) is 8.15. The summed E-state index contributed by atoms with van der Waals surface area (Å²) in [4.78, 5) is 7.44. The Labute approximate surface area is 146 Å². The van der Waals surface area contributed by atoms with Crippen molar-refractivity contribution in [2.45, 2.75) is 6.61 Å². The molecule has 0 unspecified atom stereocenters. The first-order chi connectivity index (χ1) is 12.4. The molecule has 0 bridgehead atoms. The van der Waals surface area contributed by atoms with Crippen molar-refractivity contribution in [2.75, 3.05) is 0 Å². The molecule has 0 atom stereocenters. The van der Waals surface area contributed by atoms with Crippen molar-refractivity contribution in [2.24, 2.45) is 0 Å². The molecule has 0 aliphatic heterocycles. The minimum atomic E-state index is 0.429. The van der Waals surface area contributed by atoms with Gasteiger partial charge in [-0.1, -0.05) is 95.8 Å². The van der Waals surface area contributed by atoms with Gasteiger partial charge in [-0.2, -0.15) is 0 Å². The number of rotatable bonds is 5. The first kappa shape index (κ1) is 15.1. The van der Waals surface area contributed by atoms with E-state index in [0.717, 1.165) is 28.1 Å². The second-order valence-corrected chi connectivity index (χ2v) is 5.65. The normalized spacial score (nSPS) is 10.6. The van der Waals surface area contributed by atoms with Crippen LogP contribution in [0.15, 0.2) is 91.0 Å². The third-order valence-electron chi connectivity index (χ3n) is 3.93. The quantitative estimate of drug-likeness (QED) is 0.550. The summed E-state index contributed by atoms with van der Waals surface area (Å²) in [7, 11) is 0. The lowest BCUT2D eigenvalue weighted by molar-refractivity contribution is 0.0696. The fourth-order valence-corrected chi connectivity index (χ4v) is 2.70. The van der Waals surface area contributed by atoms with Crippen molar-refractivity contribution in [3.8, 4) is 22.5 Å². The van der Waals surface area contributed by atoms with Crippen LogP contribution in [0.25, 0.3) is 22.5 Å². The van der Waals surface area contributed by atoms with Crippen molar-refractivity contribution in [3.05, 3.63) is 96.6 Å². The van der Waals surface area contributed by atoms with Crippen LogP contribution in [-0.4, -0.2) is 15.2 Å². The summed E-state index contributed by atoms with van der Waals surface area (Å²) < 4.78 is 0. The smallest absolute Gasteiger partial charge is 0.142 e. The molecule has 3 aromatic carbocycles. The van der Waals surface area contributed by atoms with E-state index in [1.54, 1.807) is 0 Å². The molecule has 0 N–H and O–H groups in total. The van der Waals surface area contributed by atoms with Crippen molar-refractivity contribution >= 4 is 0 Å². The second kappa shape index (κ2) is 7.01. The second-order valence-electron chi connectivity index (χ2n) is 5.65. The highest BCUT2D eigenvalue weighted by molar-refractivity contribution is 5.77. The third kappa shape index (κ3) is 3.28. The number of benzene rings is 3. The highest BCUT2D eigenvalue weighted by Crippen LogP contribution is 2.29. The molecule has 0 spiro atoms. The van der Waals surface area contributed by atoms with E-state index in [4.69, 9.17) is 4.84 Å². The number of hydrogen-bond donors (Lipinski definition) is 0. The van der Waals surface area contributed by atoms with Gasteiger partial charge in [0.1, 0.15) is 18.0 Å². The summed E-state index contributed by atoms with van der Waals surface area (Å²) in [6, 6.07) is 30.1. The average molecular weight is 327 g/mol. The highest BCUT2D eigenvalue weighted by Gasteiger charge is 2.17. The van der Waals surface area contributed by atoms with E-state index >= 15 is 0 Å². The minimum Gasteiger partial charge on any atom is -0.390 e. The number of aromatic nitrogens is 3. The predicted molar refractivity (Wildman–Crippen MR) is 97.6 cm³/mol. The molecule has 0 saturated carbocycles. The Balaban J connectivity index is 1.73. The van der Waals surface area contributed by atoms with Crippen molar-refractivity contribution in [1.29, 1.82) is 0 Å². The molecule has 0 aliphatic carbocycles. The third-order valence-corrected chi connectivity index (χ3v) is 3.93. The van der Waals surface area contributed by atoms with Gasteiger partial charge in [0.25, 0.3) is 0 Å². The summed E-state index contributed by atoms with van der Waals surface area (Å²) in [5, 5.41) is 8.59. The molecule has 1 aromatic heterocycles. The van der Waals surface area contributed by atoms with Gasteiger partial charge in [-0.15, -0.1) is 5.10 Å². The van der Waals surface area contributed by atoms with Gasteiger partial charge >= 0.3 is 0 Å². The lowest BCUT2D eigenvalue weighted by atomic mass is 10.1. The van der Waals surface area contributed by atoms with Crippen molar-refractivity contribution in [3.63, 3.8) is 0 Å². The fourth-order valence-electron chi connectivity index (χ4n) is 2.70. The lowest BCUT2D eigenvalue weighted by Crippen LogP contribution is -2.14. The van der Waals surface area contributed by atoms with E-state index in [0.29, 0.717) is 6.61 Å². The van der Waals surface area contributed by atoms with Crippen LogP contribution in [0.1, 0.15) is 5.56 Å². The van der Waals surface area contributed by atoms with Crippen LogP contribution in [0, 0.1) is 0 Å². The first-order valence-corrected chi connectivity index (χ1v) is 8.15. The van der Waals surface area contributed by atoms with E-state index in [9.17, 15) is 0 Å². The SMILES string of the molecule is c1ccc(COn2nnc(-c3ccccc3)c2-c2ccccc2)cc1. The zero-order valence-electron chi connectivity index (χ0n) is 13.6. The molecule has 25 heavy (non-hydrogen) atoms. The van der Waals surface area contributed by atoms with Crippen LogP contribution in [-0.2, 0) is 6.61 Å². The molecule has 0 saturated heterocycles. The van der Waals surface area contributed by atoms with Crippen LogP contribution >= 0.6 is 0 Å². The maximum absolute atomic E-state index is 5.92.